The predicted molar refractivity (Wildman–Crippen MR) is 221 cm³/mol. The van der Waals surface area contributed by atoms with Crippen LogP contribution in [0.3, 0.4) is 0 Å². The van der Waals surface area contributed by atoms with Crippen LogP contribution in [0, 0.1) is 22.7 Å². The number of carbonyl (C=O) groups is 2. The van der Waals surface area contributed by atoms with Gasteiger partial charge >= 0.3 is 12.3 Å². The Bertz CT molecular complexity index is 703. The van der Waals surface area contributed by atoms with Crippen LogP contribution < -0.4 is 0 Å². The fraction of sp³-hybridized carbons (Fsp3) is 0.957. The van der Waals surface area contributed by atoms with E-state index in [4.69, 9.17) is 9.47 Å². The molecule has 2 atom stereocenters. The summed E-state index contributed by atoms with van der Waals surface area (Å²) in [7, 11) is 0. The highest BCUT2D eigenvalue weighted by Crippen LogP contribution is 2.43. The lowest BCUT2D eigenvalue weighted by Gasteiger charge is -2.35. The predicted octanol–water partition coefficient (Wildman–Crippen LogP) is 16.3. The van der Waals surface area contributed by atoms with Crippen molar-refractivity contribution in [2.45, 2.75) is 248 Å². The lowest BCUT2D eigenvalue weighted by Crippen LogP contribution is -2.22. The van der Waals surface area contributed by atoms with Gasteiger partial charge in [0.1, 0.15) is 0 Å². The maximum absolute atomic E-state index is 12.0. The molecule has 0 bridgehead atoms. The van der Waals surface area contributed by atoms with Crippen molar-refractivity contribution >= 4 is 12.3 Å². The van der Waals surface area contributed by atoms with Crippen molar-refractivity contribution in [1.29, 1.82) is 0 Å². The molecule has 0 N–H and O–H groups in total. The van der Waals surface area contributed by atoms with Crippen LogP contribution in [0.4, 0.5) is 9.59 Å². The third kappa shape index (κ3) is 25.5. The molecule has 0 aliphatic rings. The molecule has 2 unspecified atom stereocenters. The quantitative estimate of drug-likeness (QED) is 0.0276. The van der Waals surface area contributed by atoms with Crippen molar-refractivity contribution in [3.8, 4) is 0 Å². The first-order valence-electron chi connectivity index (χ1n) is 22.9. The standard InChI is InChI=1S/C46H90O6/c1-9-17-31-45(32-18-10-2,33-19-11-3)37-23-27-41(15-7)29-25-39-49-43(47)51-52-44(48)50-40-26-30-42(16-8)28-24-38-46(34-20-12-4,35-21-13-5)36-22-14-6/h41-42H,9-40H2,1-8H3. The molecule has 0 aliphatic carbocycles. The molecule has 0 saturated carbocycles. The molecular formula is C46H90O6. The molecule has 0 fully saturated rings. The van der Waals surface area contributed by atoms with Gasteiger partial charge in [-0.15, -0.1) is 0 Å². The van der Waals surface area contributed by atoms with E-state index in [9.17, 15) is 9.59 Å². The topological polar surface area (TPSA) is 71.1 Å². The number of hydrogen-bond acceptors (Lipinski definition) is 6. The molecule has 0 saturated heterocycles. The van der Waals surface area contributed by atoms with Gasteiger partial charge in [-0.3, -0.25) is 0 Å². The van der Waals surface area contributed by atoms with Gasteiger partial charge in [0.25, 0.3) is 0 Å². The zero-order chi connectivity index (χ0) is 38.8. The van der Waals surface area contributed by atoms with E-state index in [1.54, 1.807) is 0 Å². The Balaban J connectivity index is 4.41. The van der Waals surface area contributed by atoms with Crippen LogP contribution in [0.15, 0.2) is 0 Å². The smallest absolute Gasteiger partial charge is 0.432 e. The summed E-state index contributed by atoms with van der Waals surface area (Å²) in [6.45, 7) is 19.0. The number of hydrogen-bond donors (Lipinski definition) is 0. The van der Waals surface area contributed by atoms with Crippen LogP contribution in [0.5, 0.6) is 0 Å². The van der Waals surface area contributed by atoms with Crippen molar-refractivity contribution in [2.24, 2.45) is 22.7 Å². The van der Waals surface area contributed by atoms with Gasteiger partial charge in [-0.05, 0) is 99.7 Å². The number of unbranched alkanes of at least 4 members (excludes halogenated alkanes) is 6. The van der Waals surface area contributed by atoms with Gasteiger partial charge in [0.05, 0.1) is 13.2 Å². The molecule has 0 rings (SSSR count). The molecule has 310 valence electrons. The van der Waals surface area contributed by atoms with E-state index in [-0.39, 0.29) is 13.2 Å². The van der Waals surface area contributed by atoms with Crippen LogP contribution in [0.2, 0.25) is 0 Å². The van der Waals surface area contributed by atoms with Crippen molar-refractivity contribution < 1.29 is 28.8 Å². The first-order chi connectivity index (χ1) is 25.2. The molecule has 52 heavy (non-hydrogen) atoms. The average molecular weight is 739 g/mol. The summed E-state index contributed by atoms with van der Waals surface area (Å²) in [6, 6.07) is 0. The van der Waals surface area contributed by atoms with Gasteiger partial charge in [0.2, 0.25) is 0 Å². The Morgan fingerprint density at radius 1 is 0.385 bits per heavy atom. The van der Waals surface area contributed by atoms with E-state index in [0.29, 0.717) is 22.7 Å². The lowest BCUT2D eigenvalue weighted by atomic mass is 9.70. The third-order valence-electron chi connectivity index (χ3n) is 12.3. The van der Waals surface area contributed by atoms with E-state index in [0.717, 1.165) is 38.5 Å². The molecule has 0 spiro atoms. The Morgan fingerprint density at radius 3 is 0.885 bits per heavy atom. The number of rotatable bonds is 36. The highest BCUT2D eigenvalue weighted by atomic mass is 17.3. The van der Waals surface area contributed by atoms with E-state index in [2.05, 4.69) is 65.2 Å². The van der Waals surface area contributed by atoms with Crippen molar-refractivity contribution in [2.75, 3.05) is 13.2 Å². The minimum atomic E-state index is -0.989. The summed E-state index contributed by atoms with van der Waals surface area (Å²) in [4.78, 5) is 33.2. The summed E-state index contributed by atoms with van der Waals surface area (Å²) >= 11 is 0. The largest absolute Gasteiger partial charge is 0.549 e. The number of ether oxygens (including phenoxy) is 2. The molecule has 0 radical (unpaired) electrons. The van der Waals surface area contributed by atoms with Crippen molar-refractivity contribution in [3.63, 3.8) is 0 Å². The first kappa shape index (κ1) is 50.5. The molecule has 0 aromatic carbocycles. The van der Waals surface area contributed by atoms with Gasteiger partial charge in [-0.1, -0.05) is 171 Å². The van der Waals surface area contributed by atoms with Crippen molar-refractivity contribution in [1.82, 2.24) is 0 Å². The zero-order valence-electron chi connectivity index (χ0n) is 36.2. The van der Waals surface area contributed by atoms with Crippen LogP contribution in [-0.4, -0.2) is 25.5 Å². The number of carbonyl (C=O) groups excluding carboxylic acids is 2. The monoisotopic (exact) mass is 739 g/mol. The Labute approximate surface area is 324 Å². The summed E-state index contributed by atoms with van der Waals surface area (Å²) in [6.07, 6.45) is 35.7. The van der Waals surface area contributed by atoms with E-state index >= 15 is 0 Å². The van der Waals surface area contributed by atoms with Crippen LogP contribution >= 0.6 is 0 Å². The van der Waals surface area contributed by atoms with Gasteiger partial charge in [-0.2, -0.15) is 19.4 Å². The van der Waals surface area contributed by atoms with Gasteiger partial charge < -0.3 is 9.47 Å². The molecule has 0 aromatic rings. The molecule has 6 heteroatoms. The summed E-state index contributed by atoms with van der Waals surface area (Å²) in [5.74, 6) is 1.27. The van der Waals surface area contributed by atoms with E-state index in [1.165, 1.54) is 154 Å². The Morgan fingerprint density at radius 2 is 0.635 bits per heavy atom. The minimum absolute atomic E-state index is 0.260. The lowest BCUT2D eigenvalue weighted by molar-refractivity contribution is -0.217. The first-order valence-corrected chi connectivity index (χ1v) is 22.9. The summed E-state index contributed by atoms with van der Waals surface area (Å²) in [5.41, 5.74) is 1.05. The van der Waals surface area contributed by atoms with E-state index in [1.807, 2.05) is 0 Å². The molecule has 0 heterocycles. The van der Waals surface area contributed by atoms with Crippen molar-refractivity contribution in [3.05, 3.63) is 0 Å². The van der Waals surface area contributed by atoms with Crippen LogP contribution in [0.25, 0.3) is 0 Å². The van der Waals surface area contributed by atoms with Crippen LogP contribution in [0.1, 0.15) is 248 Å². The average Bonchev–Trinajstić information content (AvgIpc) is 3.16. The Kier molecular flexibility index (Phi) is 33.1. The maximum Gasteiger partial charge on any atom is 0.549 e. The summed E-state index contributed by atoms with van der Waals surface area (Å²) < 4.78 is 10.4. The molecule has 0 aromatic heterocycles. The maximum atomic E-state index is 12.0. The second-order valence-electron chi connectivity index (χ2n) is 16.6. The third-order valence-corrected chi connectivity index (χ3v) is 12.3. The van der Waals surface area contributed by atoms with Gasteiger partial charge in [0, 0.05) is 0 Å². The highest BCUT2D eigenvalue weighted by molar-refractivity contribution is 5.63. The van der Waals surface area contributed by atoms with E-state index < -0.39 is 12.3 Å². The Hall–Kier alpha value is -1.46. The molecule has 0 aliphatic heterocycles. The normalized spacial score (nSPS) is 13.2. The second-order valence-corrected chi connectivity index (χ2v) is 16.6. The zero-order valence-corrected chi connectivity index (χ0v) is 36.2. The summed E-state index contributed by atoms with van der Waals surface area (Å²) in [5, 5.41) is 0. The minimum Gasteiger partial charge on any atom is -0.432 e. The van der Waals surface area contributed by atoms with Gasteiger partial charge in [-0.25, -0.2) is 0 Å². The van der Waals surface area contributed by atoms with Crippen LogP contribution in [-0.2, 0) is 19.2 Å². The second kappa shape index (κ2) is 34.1. The fourth-order valence-corrected chi connectivity index (χ4v) is 8.62. The molecule has 6 nitrogen and oxygen atoms in total. The van der Waals surface area contributed by atoms with Gasteiger partial charge in [0.15, 0.2) is 0 Å². The highest BCUT2D eigenvalue weighted by Gasteiger charge is 2.29. The molecule has 0 amide bonds. The SMILES string of the molecule is CCCCC(CCCC)(CCCC)CCCC(CC)CCCOC(=O)OOC(=O)OCCCC(CC)CCCC(CCCC)(CCCC)CCCC. The molecular weight excluding hydrogens is 648 g/mol. The fourth-order valence-electron chi connectivity index (χ4n) is 8.62.